The second kappa shape index (κ2) is 9.16. The number of nitrogens with one attached hydrogen (secondary N) is 3. The Morgan fingerprint density at radius 1 is 1.11 bits per heavy atom. The number of methoxy groups -OCH3 is 1. The van der Waals surface area contributed by atoms with Crippen LogP contribution in [0.2, 0.25) is 0 Å². The number of hydrogen-bond donors (Lipinski definition) is 3. The predicted molar refractivity (Wildman–Crippen MR) is 135 cm³/mol. The molecule has 1 aliphatic heterocycles. The summed E-state index contributed by atoms with van der Waals surface area (Å²) in [5.41, 5.74) is 2.77. The molecule has 1 aromatic carbocycles. The minimum absolute atomic E-state index is 0.00676. The lowest BCUT2D eigenvalue weighted by atomic mass is 9.97. The highest BCUT2D eigenvalue weighted by Gasteiger charge is 2.42. The second-order valence-electron chi connectivity index (χ2n) is 9.62. The molecule has 10 nitrogen and oxygen atoms in total. The largest absolute Gasteiger partial charge is 0.497 e. The molecule has 3 N–H and O–H groups in total. The highest BCUT2D eigenvalue weighted by Crippen LogP contribution is 2.44. The van der Waals surface area contributed by atoms with E-state index in [2.05, 4.69) is 36.1 Å². The van der Waals surface area contributed by atoms with Gasteiger partial charge < -0.3 is 25.2 Å². The molecule has 0 saturated heterocycles. The highest BCUT2D eigenvalue weighted by molar-refractivity contribution is 5.90. The first-order valence-corrected chi connectivity index (χ1v) is 11.6. The molecule has 0 radical (unpaired) electrons. The van der Waals surface area contributed by atoms with Gasteiger partial charge in [0.2, 0.25) is 5.89 Å². The summed E-state index contributed by atoms with van der Waals surface area (Å²) in [6, 6.07) is 12.5. The zero-order valence-electron chi connectivity index (χ0n) is 20.8. The van der Waals surface area contributed by atoms with Crippen LogP contribution in [0.25, 0.3) is 11.1 Å². The van der Waals surface area contributed by atoms with Crippen LogP contribution in [0.4, 0.5) is 15.9 Å². The number of pyridine rings is 2. The van der Waals surface area contributed by atoms with Crippen molar-refractivity contribution in [3.8, 4) is 16.9 Å². The standard InChI is InChI=1S/C26H26FN7O3/c1-25(2,3)24-31-22(34-37-24)23(35)30-14-15-5-7-16(8-6-15)18-10-12-29-21-20(18)32-26(27,33-21)19-13-17(36-4)9-11-28-19/h5-13,32H,14H2,1-4H3,(H,29,33)(H,30,35). The summed E-state index contributed by atoms with van der Waals surface area (Å²) >= 11 is 0. The zero-order valence-corrected chi connectivity index (χ0v) is 20.8. The van der Waals surface area contributed by atoms with Crippen molar-refractivity contribution in [3.05, 3.63) is 77.8 Å². The third-order valence-electron chi connectivity index (χ3n) is 5.85. The number of carbonyl (C=O) groups excluding carboxylic acids is 1. The molecule has 0 aliphatic carbocycles. The van der Waals surface area contributed by atoms with E-state index in [-0.39, 0.29) is 23.5 Å². The lowest BCUT2D eigenvalue weighted by Crippen LogP contribution is -2.34. The Balaban J connectivity index is 1.30. The molecule has 4 heterocycles. The van der Waals surface area contributed by atoms with Crippen molar-refractivity contribution >= 4 is 17.4 Å². The van der Waals surface area contributed by atoms with Crippen molar-refractivity contribution in [2.75, 3.05) is 17.7 Å². The van der Waals surface area contributed by atoms with Crippen LogP contribution in [0.1, 0.15) is 48.5 Å². The van der Waals surface area contributed by atoms with E-state index >= 15 is 4.39 Å². The smallest absolute Gasteiger partial charge is 0.301 e. The molecule has 4 aromatic rings. The van der Waals surface area contributed by atoms with Gasteiger partial charge in [0.25, 0.3) is 11.7 Å². The molecule has 0 bridgehead atoms. The zero-order chi connectivity index (χ0) is 26.2. The maximum atomic E-state index is 15.9. The molecule has 1 unspecified atom stereocenters. The molecule has 1 aliphatic rings. The molecular weight excluding hydrogens is 477 g/mol. The van der Waals surface area contributed by atoms with Gasteiger partial charge in [-0.15, -0.1) is 0 Å². The van der Waals surface area contributed by atoms with Crippen LogP contribution >= 0.6 is 0 Å². The maximum Gasteiger partial charge on any atom is 0.301 e. The quantitative estimate of drug-likeness (QED) is 0.329. The van der Waals surface area contributed by atoms with Gasteiger partial charge in [-0.1, -0.05) is 50.2 Å². The number of benzene rings is 1. The summed E-state index contributed by atoms with van der Waals surface area (Å²) in [4.78, 5) is 25.0. The van der Waals surface area contributed by atoms with E-state index in [9.17, 15) is 4.79 Å². The summed E-state index contributed by atoms with van der Waals surface area (Å²) in [5.74, 6) is -1.31. The fourth-order valence-corrected chi connectivity index (χ4v) is 3.83. The number of aromatic nitrogens is 4. The Bertz CT molecular complexity index is 1450. The van der Waals surface area contributed by atoms with Gasteiger partial charge in [0.05, 0.1) is 12.8 Å². The summed E-state index contributed by atoms with van der Waals surface area (Å²) < 4.78 is 26.2. The molecule has 190 valence electrons. The molecule has 1 amide bonds. The average molecular weight is 504 g/mol. The topological polar surface area (TPSA) is 127 Å². The van der Waals surface area contributed by atoms with E-state index < -0.39 is 11.8 Å². The first-order chi connectivity index (χ1) is 17.7. The van der Waals surface area contributed by atoms with Crippen LogP contribution in [0.5, 0.6) is 5.75 Å². The minimum Gasteiger partial charge on any atom is -0.497 e. The highest BCUT2D eigenvalue weighted by atomic mass is 19.1. The lowest BCUT2D eigenvalue weighted by Gasteiger charge is -2.20. The van der Waals surface area contributed by atoms with Crippen molar-refractivity contribution in [1.29, 1.82) is 0 Å². The molecule has 0 saturated carbocycles. The van der Waals surface area contributed by atoms with Gasteiger partial charge in [-0.05, 0) is 23.3 Å². The number of ether oxygens (including phenoxy) is 1. The normalized spacial score (nSPS) is 16.5. The van der Waals surface area contributed by atoms with E-state index in [1.54, 1.807) is 18.3 Å². The van der Waals surface area contributed by atoms with Crippen molar-refractivity contribution in [2.45, 2.75) is 38.6 Å². The maximum absolute atomic E-state index is 15.9. The number of amides is 1. The molecular formula is C26H26FN7O3. The molecule has 11 heteroatoms. The Labute approximate surface area is 212 Å². The van der Waals surface area contributed by atoms with Gasteiger partial charge in [0.15, 0.2) is 5.82 Å². The van der Waals surface area contributed by atoms with Crippen LogP contribution < -0.4 is 20.7 Å². The fourth-order valence-electron chi connectivity index (χ4n) is 3.83. The fraction of sp³-hybridized carbons (Fsp3) is 0.269. The number of hydrogen-bond acceptors (Lipinski definition) is 9. The number of nitrogens with zero attached hydrogens (tertiary/aromatic N) is 4. The van der Waals surface area contributed by atoms with Crippen LogP contribution in [0.3, 0.4) is 0 Å². The van der Waals surface area contributed by atoms with Crippen LogP contribution in [-0.2, 0) is 17.9 Å². The third-order valence-corrected chi connectivity index (χ3v) is 5.85. The Hall–Kier alpha value is -4.54. The number of fused-ring (bicyclic) bond motifs is 1. The minimum atomic E-state index is -2.15. The van der Waals surface area contributed by atoms with E-state index in [0.717, 1.165) is 16.7 Å². The average Bonchev–Trinajstić information content (AvgIpc) is 3.53. The van der Waals surface area contributed by atoms with Crippen LogP contribution in [0, 0.1) is 0 Å². The number of carbonyl (C=O) groups is 1. The first-order valence-electron chi connectivity index (χ1n) is 11.6. The molecule has 37 heavy (non-hydrogen) atoms. The van der Waals surface area contributed by atoms with Gasteiger partial charge in [0, 0.05) is 36.0 Å². The number of halogens is 1. The first kappa shape index (κ1) is 24.2. The summed E-state index contributed by atoms with van der Waals surface area (Å²) in [5, 5.41) is 12.2. The molecule has 5 rings (SSSR count). The van der Waals surface area contributed by atoms with Gasteiger partial charge in [-0.3, -0.25) is 9.78 Å². The van der Waals surface area contributed by atoms with Gasteiger partial charge >= 0.3 is 5.92 Å². The van der Waals surface area contributed by atoms with Crippen LogP contribution in [0.15, 0.2) is 59.4 Å². The number of anilines is 2. The van der Waals surface area contributed by atoms with Crippen molar-refractivity contribution in [3.63, 3.8) is 0 Å². The molecule has 1 atom stereocenters. The van der Waals surface area contributed by atoms with Crippen LogP contribution in [-0.4, -0.2) is 33.1 Å². The Morgan fingerprint density at radius 3 is 2.57 bits per heavy atom. The molecule has 0 fully saturated rings. The lowest BCUT2D eigenvalue weighted by molar-refractivity contribution is 0.0937. The van der Waals surface area contributed by atoms with E-state index in [1.165, 1.54) is 19.4 Å². The summed E-state index contributed by atoms with van der Waals surface area (Å²) in [6.45, 7) is 6.06. The van der Waals surface area contributed by atoms with Crippen molar-refractivity contribution < 1.29 is 18.4 Å². The number of alkyl halides is 1. The Morgan fingerprint density at radius 2 is 1.86 bits per heavy atom. The van der Waals surface area contributed by atoms with Gasteiger partial charge in [-0.2, -0.15) is 9.37 Å². The molecule has 0 spiro atoms. The SMILES string of the molecule is COc1ccnc(C2(F)Nc3nccc(-c4ccc(CNC(=O)c5noc(C(C)(C)C)n5)cc4)c3N2)c1. The van der Waals surface area contributed by atoms with E-state index in [0.29, 0.717) is 23.1 Å². The second-order valence-corrected chi connectivity index (χ2v) is 9.62. The molecule has 3 aromatic heterocycles. The third kappa shape index (κ3) is 4.80. The van der Waals surface area contributed by atoms with Crippen molar-refractivity contribution in [2.24, 2.45) is 0 Å². The van der Waals surface area contributed by atoms with E-state index in [4.69, 9.17) is 9.26 Å². The summed E-state index contributed by atoms with van der Waals surface area (Å²) in [6.07, 6.45) is 3.09. The number of rotatable bonds is 6. The van der Waals surface area contributed by atoms with Crippen molar-refractivity contribution in [1.82, 2.24) is 25.4 Å². The Kier molecular flexibility index (Phi) is 5.98. The van der Waals surface area contributed by atoms with Gasteiger partial charge in [0.1, 0.15) is 11.4 Å². The van der Waals surface area contributed by atoms with E-state index in [1.807, 2.05) is 45.0 Å². The summed E-state index contributed by atoms with van der Waals surface area (Å²) in [7, 11) is 1.51. The monoisotopic (exact) mass is 503 g/mol. The van der Waals surface area contributed by atoms with Gasteiger partial charge in [-0.25, -0.2) is 4.98 Å². The predicted octanol–water partition coefficient (Wildman–Crippen LogP) is 4.38.